The third-order valence-electron chi connectivity index (χ3n) is 6.40. The van der Waals surface area contributed by atoms with E-state index in [0.717, 1.165) is 43.7 Å². The van der Waals surface area contributed by atoms with Crippen molar-refractivity contribution in [2.45, 2.75) is 44.3 Å². The molecular formula is C27H58N2O11Si3. The van der Waals surface area contributed by atoms with Crippen LogP contribution < -0.4 is 10.6 Å². The molecule has 0 atom stereocenters. The van der Waals surface area contributed by atoms with Crippen LogP contribution in [-0.4, -0.2) is 123 Å². The van der Waals surface area contributed by atoms with Crippen LogP contribution in [0.5, 0.6) is 0 Å². The molecule has 0 unspecified atom stereocenters. The van der Waals surface area contributed by atoms with E-state index < -0.39 is 26.4 Å². The molecule has 0 fully saturated rings. The second-order valence-electron chi connectivity index (χ2n) is 8.93. The molecule has 0 spiro atoms. The highest BCUT2D eigenvalue weighted by atomic mass is 28.4. The van der Waals surface area contributed by atoms with Crippen molar-refractivity contribution in [1.82, 2.24) is 5.32 Å². The highest BCUT2D eigenvalue weighted by Crippen LogP contribution is 2.16. The molecule has 0 aromatic heterocycles. The Morgan fingerprint density at radius 2 is 0.977 bits per heavy atom. The molecule has 0 bridgehead atoms. The van der Waals surface area contributed by atoms with Gasteiger partial charge in [-0.05, 0) is 45.0 Å². The third kappa shape index (κ3) is 19.7. The molecule has 0 saturated carbocycles. The van der Waals surface area contributed by atoms with Crippen LogP contribution in [0.4, 0.5) is 5.69 Å². The largest absolute Gasteiger partial charge is 0.500 e. The highest BCUT2D eigenvalue weighted by Gasteiger charge is 2.38. The first-order chi connectivity index (χ1) is 20.6. The number of hydrogen-bond donors (Lipinski definition) is 2. The predicted octanol–water partition coefficient (Wildman–Crippen LogP) is 3.66. The van der Waals surface area contributed by atoms with E-state index in [0.29, 0.717) is 19.1 Å². The molecule has 0 saturated heterocycles. The van der Waals surface area contributed by atoms with Gasteiger partial charge in [0.15, 0.2) is 0 Å². The van der Waals surface area contributed by atoms with E-state index in [1.165, 1.54) is 6.92 Å². The van der Waals surface area contributed by atoms with Gasteiger partial charge in [0.05, 0.1) is 6.61 Å². The summed E-state index contributed by atoms with van der Waals surface area (Å²) in [6.45, 7) is 3.60. The minimum Gasteiger partial charge on any atom is -0.466 e. The molecule has 0 aliphatic carbocycles. The minimum absolute atomic E-state index is 0.274. The maximum atomic E-state index is 10.5. The van der Waals surface area contributed by atoms with E-state index >= 15 is 0 Å². The van der Waals surface area contributed by atoms with Gasteiger partial charge in [-0.25, -0.2) is 0 Å². The zero-order chi connectivity index (χ0) is 33.0. The summed E-state index contributed by atoms with van der Waals surface area (Å²) in [6, 6.07) is 12.4. The van der Waals surface area contributed by atoms with Gasteiger partial charge in [0.25, 0.3) is 0 Å². The fourth-order valence-corrected chi connectivity index (χ4v) is 8.88. The molecule has 1 rings (SSSR count). The Labute approximate surface area is 263 Å². The molecule has 0 aliphatic heterocycles. The maximum Gasteiger partial charge on any atom is 0.500 e. The first-order valence-electron chi connectivity index (χ1n) is 14.1. The van der Waals surface area contributed by atoms with Gasteiger partial charge < -0.3 is 55.2 Å². The van der Waals surface area contributed by atoms with E-state index in [4.69, 9.17) is 44.6 Å². The zero-order valence-electron chi connectivity index (χ0n) is 28.2. The third-order valence-corrected chi connectivity index (χ3v) is 14.9. The highest BCUT2D eigenvalue weighted by molar-refractivity contribution is 6.61. The van der Waals surface area contributed by atoms with Gasteiger partial charge in [-0.1, -0.05) is 18.2 Å². The zero-order valence-corrected chi connectivity index (χ0v) is 31.2. The van der Waals surface area contributed by atoms with Crippen molar-refractivity contribution in [2.75, 3.05) is 96.0 Å². The molecule has 0 heterocycles. The number of carbonyl (C=O) groups is 1. The number of benzene rings is 1. The Bertz CT molecular complexity index is 749. The molecular weight excluding hydrogens is 613 g/mol. The lowest BCUT2D eigenvalue weighted by Crippen LogP contribution is -2.43. The molecule has 0 aliphatic rings. The molecule has 1 aromatic rings. The smallest absolute Gasteiger partial charge is 0.466 e. The standard InChI is InChI=1S/C12H21NO3Si.C8H18O5Si.C7H19NO3Si/c1-14-17(15-2,16-3)11-7-10-13-12-8-5-4-6-9-12;1-8(9)13-6-5-7-14(10-2,11-3)12-4;1-8-6-5-7-12(9-2,10-3)11-4/h4-6,8-9,13H,7,10-11H2,1-3H3;5-7H2,1-4H3;8H,5-7H2,1-4H3. The van der Waals surface area contributed by atoms with Crippen LogP contribution in [0.1, 0.15) is 26.2 Å². The second-order valence-corrected chi connectivity index (χ2v) is 18.2. The summed E-state index contributed by atoms with van der Waals surface area (Å²) in [6.07, 6.45) is 2.65. The predicted molar refractivity (Wildman–Crippen MR) is 174 cm³/mol. The molecule has 2 N–H and O–H groups in total. The monoisotopic (exact) mass is 670 g/mol. The number of nitrogens with one attached hydrogen (secondary N) is 2. The Kier molecular flexibility index (Phi) is 27.6. The van der Waals surface area contributed by atoms with Gasteiger partial charge >= 0.3 is 32.4 Å². The molecule has 254 valence electrons. The molecule has 1 aromatic carbocycles. The SMILES string of the molecule is CNCCC[Si](OC)(OC)OC.CO[Si](CCCNc1ccccc1)(OC)OC.CO[Si](CCCOC(C)=O)(OC)OC. The van der Waals surface area contributed by atoms with Gasteiger partial charge in [0, 0.05) is 101 Å². The summed E-state index contributed by atoms with van der Waals surface area (Å²) >= 11 is 0. The number of carbonyl (C=O) groups excluding carboxylic acids is 1. The van der Waals surface area contributed by atoms with Crippen LogP contribution in [0.15, 0.2) is 30.3 Å². The van der Waals surface area contributed by atoms with E-state index in [1.807, 2.05) is 37.4 Å². The van der Waals surface area contributed by atoms with Gasteiger partial charge in [-0.3, -0.25) is 4.79 Å². The number of esters is 1. The summed E-state index contributed by atoms with van der Waals surface area (Å²) < 4.78 is 52.2. The van der Waals surface area contributed by atoms with E-state index in [-0.39, 0.29) is 5.97 Å². The lowest BCUT2D eigenvalue weighted by molar-refractivity contribution is -0.141. The molecule has 0 radical (unpaired) electrons. The topological polar surface area (TPSA) is 133 Å². The van der Waals surface area contributed by atoms with E-state index in [9.17, 15) is 4.79 Å². The molecule has 16 heteroatoms. The lowest BCUT2D eigenvalue weighted by atomic mass is 10.3. The van der Waals surface area contributed by atoms with Crippen molar-refractivity contribution in [2.24, 2.45) is 0 Å². The average Bonchev–Trinajstić information content (AvgIpc) is 3.05. The quantitative estimate of drug-likeness (QED) is 0.106. The Morgan fingerprint density at radius 3 is 1.33 bits per heavy atom. The van der Waals surface area contributed by atoms with Crippen LogP contribution in [0.3, 0.4) is 0 Å². The van der Waals surface area contributed by atoms with Crippen LogP contribution in [0.25, 0.3) is 0 Å². The van der Waals surface area contributed by atoms with Crippen LogP contribution in [0, 0.1) is 0 Å². The fraction of sp³-hybridized carbons (Fsp3) is 0.741. The summed E-state index contributed by atoms with van der Waals surface area (Å²) in [5.74, 6) is -0.274. The number of hydrogen-bond acceptors (Lipinski definition) is 13. The maximum absolute atomic E-state index is 10.5. The number of anilines is 1. The van der Waals surface area contributed by atoms with Gasteiger partial charge in [0.1, 0.15) is 0 Å². The number of ether oxygens (including phenoxy) is 1. The number of para-hydroxylation sites is 1. The van der Waals surface area contributed by atoms with Crippen molar-refractivity contribution in [3.63, 3.8) is 0 Å². The normalized spacial score (nSPS) is 11.6. The molecule has 0 amide bonds. The second kappa shape index (κ2) is 27.1. The van der Waals surface area contributed by atoms with Crippen molar-refractivity contribution in [1.29, 1.82) is 0 Å². The van der Waals surface area contributed by atoms with Gasteiger partial charge in [0.2, 0.25) is 0 Å². The van der Waals surface area contributed by atoms with Crippen LogP contribution in [-0.2, 0) is 49.4 Å². The van der Waals surface area contributed by atoms with Crippen molar-refractivity contribution >= 4 is 38.1 Å². The van der Waals surface area contributed by atoms with Gasteiger partial charge in [-0.2, -0.15) is 0 Å². The van der Waals surface area contributed by atoms with Crippen molar-refractivity contribution < 1.29 is 49.4 Å². The van der Waals surface area contributed by atoms with Crippen LogP contribution >= 0.6 is 0 Å². The van der Waals surface area contributed by atoms with E-state index in [1.54, 1.807) is 64.0 Å². The van der Waals surface area contributed by atoms with Crippen molar-refractivity contribution in [3.05, 3.63) is 30.3 Å². The first-order valence-corrected chi connectivity index (χ1v) is 19.9. The molecule has 13 nitrogen and oxygen atoms in total. The Morgan fingerprint density at radius 1 is 0.605 bits per heavy atom. The average molecular weight is 671 g/mol. The van der Waals surface area contributed by atoms with Gasteiger partial charge in [-0.15, -0.1) is 0 Å². The fourth-order valence-electron chi connectivity index (χ4n) is 3.75. The number of rotatable bonds is 22. The lowest BCUT2D eigenvalue weighted by Gasteiger charge is -2.24. The summed E-state index contributed by atoms with van der Waals surface area (Å²) in [5, 5.41) is 6.41. The van der Waals surface area contributed by atoms with Crippen LogP contribution in [0.2, 0.25) is 18.1 Å². The summed E-state index contributed by atoms with van der Waals surface area (Å²) in [4.78, 5) is 10.5. The molecule has 43 heavy (non-hydrogen) atoms. The Balaban J connectivity index is 0. The first kappa shape index (κ1) is 43.9. The summed E-state index contributed by atoms with van der Waals surface area (Å²) in [7, 11) is 9.28. The summed E-state index contributed by atoms with van der Waals surface area (Å²) in [5.41, 5.74) is 1.13. The Hall–Kier alpha value is -1.26. The minimum atomic E-state index is -2.48. The van der Waals surface area contributed by atoms with Crippen molar-refractivity contribution in [3.8, 4) is 0 Å². The van der Waals surface area contributed by atoms with E-state index in [2.05, 4.69) is 10.6 Å².